The predicted octanol–water partition coefficient (Wildman–Crippen LogP) is 13.1. The van der Waals surface area contributed by atoms with Crippen LogP contribution in [0, 0.1) is 0 Å². The van der Waals surface area contributed by atoms with Gasteiger partial charge in [-0.25, -0.2) is 19.9 Å². The van der Waals surface area contributed by atoms with Crippen LogP contribution < -0.4 is 0 Å². The Morgan fingerprint density at radius 3 is 1.50 bits per heavy atom. The smallest absolute Gasteiger partial charge is 0.164 e. The minimum absolute atomic E-state index is 0.637. The fourth-order valence-electron chi connectivity index (χ4n) is 7.78. The quantitative estimate of drug-likeness (QED) is 0.171. The molecule has 56 heavy (non-hydrogen) atoms. The predicted molar refractivity (Wildman–Crippen MR) is 232 cm³/mol. The summed E-state index contributed by atoms with van der Waals surface area (Å²) >= 11 is 1.86. The summed E-state index contributed by atoms with van der Waals surface area (Å²) in [6.45, 7) is 0. The van der Waals surface area contributed by atoms with Gasteiger partial charge in [0.15, 0.2) is 17.5 Å². The molecule has 0 N–H and O–H groups in total. The Bertz CT molecular complexity index is 3150. The number of fused-ring (bicyclic) bond motifs is 7. The van der Waals surface area contributed by atoms with Gasteiger partial charge in [-0.15, -0.1) is 11.3 Å². The summed E-state index contributed by atoms with van der Waals surface area (Å²) in [4.78, 5) is 20.2. The van der Waals surface area contributed by atoms with Gasteiger partial charge < -0.3 is 4.57 Å². The third-order valence-electron chi connectivity index (χ3n) is 10.4. The van der Waals surface area contributed by atoms with Crippen molar-refractivity contribution < 1.29 is 0 Å². The molecule has 6 heteroatoms. The van der Waals surface area contributed by atoms with Crippen LogP contribution in [0.4, 0.5) is 0 Å². The van der Waals surface area contributed by atoms with Gasteiger partial charge in [0.1, 0.15) is 0 Å². The van der Waals surface area contributed by atoms with Gasteiger partial charge in [-0.1, -0.05) is 158 Å². The Kier molecular flexibility index (Phi) is 7.60. The van der Waals surface area contributed by atoms with Crippen LogP contribution in [0.25, 0.3) is 104 Å². The number of para-hydroxylation sites is 2. The molecule has 0 atom stereocenters. The van der Waals surface area contributed by atoms with E-state index in [1.165, 1.54) is 31.2 Å². The Morgan fingerprint density at radius 1 is 0.375 bits per heavy atom. The first kappa shape index (κ1) is 32.2. The van der Waals surface area contributed by atoms with E-state index in [0.29, 0.717) is 17.5 Å². The molecule has 0 fully saturated rings. The van der Waals surface area contributed by atoms with E-state index >= 15 is 0 Å². The first-order valence-corrected chi connectivity index (χ1v) is 19.5. The molecule has 0 bridgehead atoms. The summed E-state index contributed by atoms with van der Waals surface area (Å²) in [5.74, 6) is 1.94. The van der Waals surface area contributed by atoms with Crippen LogP contribution in [-0.2, 0) is 0 Å². The zero-order valence-electron chi connectivity index (χ0n) is 30.0. The zero-order chi connectivity index (χ0) is 37.0. The lowest BCUT2D eigenvalue weighted by molar-refractivity contribution is 1.07. The molecule has 4 heterocycles. The van der Waals surface area contributed by atoms with Gasteiger partial charge in [0.2, 0.25) is 0 Å². The van der Waals surface area contributed by atoms with Crippen molar-refractivity contribution in [3.63, 3.8) is 0 Å². The Balaban J connectivity index is 1.08. The summed E-state index contributed by atoms with van der Waals surface area (Å²) in [5.41, 5.74) is 11.7. The second kappa shape index (κ2) is 13.2. The average molecular weight is 734 g/mol. The fourth-order valence-corrected chi connectivity index (χ4v) is 9.13. The van der Waals surface area contributed by atoms with Crippen LogP contribution in [0.15, 0.2) is 188 Å². The number of hydrogen-bond acceptors (Lipinski definition) is 5. The van der Waals surface area contributed by atoms with Crippen molar-refractivity contribution in [3.8, 4) is 62.2 Å². The first-order valence-electron chi connectivity index (χ1n) is 18.6. The van der Waals surface area contributed by atoms with Crippen molar-refractivity contribution in [2.75, 3.05) is 0 Å². The van der Waals surface area contributed by atoms with E-state index in [0.717, 1.165) is 55.7 Å². The third-order valence-corrected chi connectivity index (χ3v) is 11.7. The van der Waals surface area contributed by atoms with Crippen molar-refractivity contribution in [2.45, 2.75) is 0 Å². The number of nitrogens with zero attached hydrogens (tertiary/aromatic N) is 5. The lowest BCUT2D eigenvalue weighted by Crippen LogP contribution is -2.00. The molecule has 0 saturated heterocycles. The molecule has 0 aliphatic heterocycles. The third kappa shape index (κ3) is 5.38. The second-order valence-electron chi connectivity index (χ2n) is 13.8. The SMILES string of the molecule is c1ccc(-c2nc(-c3ccccc3)nc(-c3ccc(-c4ccc5nc(-c6ccccc6)c6c(sc7c8ccccc8n(-c8ccccc8)c76)c5c4)cc3)n2)cc1. The molecule has 0 saturated carbocycles. The summed E-state index contributed by atoms with van der Waals surface area (Å²) in [6, 6.07) is 65.4. The van der Waals surface area contributed by atoms with E-state index in [1.54, 1.807) is 0 Å². The van der Waals surface area contributed by atoms with Crippen molar-refractivity contribution in [1.29, 1.82) is 0 Å². The van der Waals surface area contributed by atoms with Crippen molar-refractivity contribution in [2.24, 2.45) is 0 Å². The number of pyridine rings is 1. The summed E-state index contributed by atoms with van der Waals surface area (Å²) in [6.07, 6.45) is 0. The van der Waals surface area contributed by atoms with Gasteiger partial charge in [-0.05, 0) is 41.5 Å². The number of thiophene rings is 1. The standard InChI is InChI=1S/C50H31N5S/c1-5-15-33(16-6-1)44-43-45-47(39-23-13-14-24-42(39)55(45)38-21-11-4-12-22-38)56-46(43)40-31-37(29-30-41(40)51-44)32-25-27-36(28-26-32)50-53-48(34-17-7-2-8-18-34)52-49(54-50)35-19-9-3-10-20-35/h1-31H. The Labute approximate surface area is 326 Å². The zero-order valence-corrected chi connectivity index (χ0v) is 30.9. The van der Waals surface area contributed by atoms with Crippen molar-refractivity contribution in [1.82, 2.24) is 24.5 Å². The molecule has 0 unspecified atom stereocenters. The summed E-state index contributed by atoms with van der Waals surface area (Å²) in [5, 5.41) is 3.56. The molecule has 11 aromatic rings. The normalized spacial score (nSPS) is 11.6. The minimum Gasteiger partial charge on any atom is -0.308 e. The van der Waals surface area contributed by atoms with Gasteiger partial charge in [0.05, 0.1) is 26.9 Å². The molecule has 0 aliphatic rings. The molecule has 0 radical (unpaired) electrons. The van der Waals surface area contributed by atoms with Crippen molar-refractivity contribution in [3.05, 3.63) is 188 Å². The largest absolute Gasteiger partial charge is 0.308 e. The lowest BCUT2D eigenvalue weighted by atomic mass is 9.99. The van der Waals surface area contributed by atoms with Crippen molar-refractivity contribution >= 4 is 53.4 Å². The van der Waals surface area contributed by atoms with Gasteiger partial charge in [0.25, 0.3) is 0 Å². The van der Waals surface area contributed by atoms with Gasteiger partial charge in [-0.3, -0.25) is 0 Å². The lowest BCUT2D eigenvalue weighted by Gasteiger charge is -2.12. The van der Waals surface area contributed by atoms with Crippen LogP contribution in [0.1, 0.15) is 0 Å². The Morgan fingerprint density at radius 2 is 0.875 bits per heavy atom. The first-order chi connectivity index (χ1) is 27.8. The number of aromatic nitrogens is 5. The summed E-state index contributed by atoms with van der Waals surface area (Å²) in [7, 11) is 0. The maximum atomic E-state index is 5.43. The topological polar surface area (TPSA) is 56.5 Å². The van der Waals surface area contributed by atoms with Crippen LogP contribution in [-0.4, -0.2) is 24.5 Å². The molecule has 0 amide bonds. The van der Waals surface area contributed by atoms with Crippen LogP contribution in [0.3, 0.4) is 0 Å². The maximum Gasteiger partial charge on any atom is 0.164 e. The second-order valence-corrected chi connectivity index (χ2v) is 14.9. The summed E-state index contributed by atoms with van der Waals surface area (Å²) < 4.78 is 4.92. The van der Waals surface area contributed by atoms with E-state index in [2.05, 4.69) is 132 Å². The minimum atomic E-state index is 0.637. The number of rotatable bonds is 6. The molecule has 4 aromatic heterocycles. The highest BCUT2D eigenvalue weighted by molar-refractivity contribution is 7.27. The number of benzene rings is 7. The fraction of sp³-hybridized carbons (Fsp3) is 0. The van der Waals surface area contributed by atoms with Gasteiger partial charge >= 0.3 is 0 Å². The average Bonchev–Trinajstić information content (AvgIpc) is 3.83. The van der Waals surface area contributed by atoms with Crippen LogP contribution in [0.5, 0.6) is 0 Å². The molecule has 262 valence electrons. The highest BCUT2D eigenvalue weighted by atomic mass is 32.1. The molecule has 11 rings (SSSR count). The van der Waals surface area contributed by atoms with Crippen LogP contribution >= 0.6 is 11.3 Å². The van der Waals surface area contributed by atoms with E-state index < -0.39 is 0 Å². The highest BCUT2D eigenvalue weighted by Crippen LogP contribution is 2.48. The van der Waals surface area contributed by atoms with E-state index in [1.807, 2.05) is 72.0 Å². The van der Waals surface area contributed by atoms with Crippen LogP contribution in [0.2, 0.25) is 0 Å². The van der Waals surface area contributed by atoms with E-state index in [-0.39, 0.29) is 0 Å². The number of hydrogen-bond donors (Lipinski definition) is 0. The maximum absolute atomic E-state index is 5.43. The molecule has 0 aliphatic carbocycles. The molecule has 7 aromatic carbocycles. The molecular formula is C50H31N5S. The highest BCUT2D eigenvalue weighted by Gasteiger charge is 2.23. The van der Waals surface area contributed by atoms with E-state index in [9.17, 15) is 0 Å². The Hall–Kier alpha value is -7.28. The van der Waals surface area contributed by atoms with Gasteiger partial charge in [-0.2, -0.15) is 0 Å². The monoisotopic (exact) mass is 733 g/mol. The molecule has 5 nitrogen and oxygen atoms in total. The molecule has 0 spiro atoms. The molecular weight excluding hydrogens is 703 g/mol. The van der Waals surface area contributed by atoms with E-state index in [4.69, 9.17) is 19.9 Å². The van der Waals surface area contributed by atoms with Gasteiger partial charge in [0, 0.05) is 48.8 Å².